The molecule has 0 amide bonds. The van der Waals surface area contributed by atoms with Gasteiger partial charge in [-0.15, -0.1) is 0 Å². The van der Waals surface area contributed by atoms with Crippen molar-refractivity contribution in [1.29, 1.82) is 0 Å². The summed E-state index contributed by atoms with van der Waals surface area (Å²) in [6, 6.07) is 52.5. The highest BCUT2D eigenvalue weighted by Gasteiger charge is 2.45. The van der Waals surface area contributed by atoms with Gasteiger partial charge in [0, 0.05) is 27.7 Å². The van der Waals surface area contributed by atoms with Crippen LogP contribution in [0.25, 0.3) is 44.2 Å². The minimum Gasteiger partial charge on any atom is -0.458 e. The molecule has 2 aliphatic heterocycles. The monoisotopic (exact) mass is 657 g/mol. The van der Waals surface area contributed by atoms with Crippen LogP contribution in [0.5, 0.6) is 11.5 Å². The molecule has 10 rings (SSSR count). The molecule has 0 saturated heterocycles. The van der Waals surface area contributed by atoms with Crippen LogP contribution in [0.4, 0.5) is 17.1 Å². The van der Waals surface area contributed by atoms with Gasteiger partial charge in [-0.25, -0.2) is 0 Å². The maximum Gasteiger partial charge on any atom is 0.258 e. The lowest BCUT2D eigenvalue weighted by Gasteiger charge is -2.41. The number of rotatable bonds is 3. The van der Waals surface area contributed by atoms with Crippen LogP contribution in [-0.2, 0) is 5.41 Å². The smallest absolute Gasteiger partial charge is 0.258 e. The van der Waals surface area contributed by atoms with Crippen LogP contribution in [0, 0.1) is 6.92 Å². The van der Waals surface area contributed by atoms with Gasteiger partial charge in [0.1, 0.15) is 17.1 Å². The highest BCUT2D eigenvalue weighted by molar-refractivity contribution is 7.00. The minimum absolute atomic E-state index is 0.0687. The number of furan rings is 1. The van der Waals surface area contributed by atoms with E-state index in [4.69, 9.17) is 9.15 Å². The van der Waals surface area contributed by atoms with E-state index in [1.54, 1.807) is 0 Å². The second-order valence-electron chi connectivity index (χ2n) is 14.9. The number of hydrogen-bond acceptors (Lipinski definition) is 3. The third-order valence-corrected chi connectivity index (χ3v) is 10.7. The Balaban J connectivity index is 1.33. The molecule has 0 radical (unpaired) electrons. The van der Waals surface area contributed by atoms with Gasteiger partial charge in [-0.1, -0.05) is 136 Å². The van der Waals surface area contributed by atoms with Crippen LogP contribution >= 0.6 is 0 Å². The third kappa shape index (κ3) is 4.46. The van der Waals surface area contributed by atoms with Crippen molar-refractivity contribution in [2.24, 2.45) is 0 Å². The Morgan fingerprint density at radius 2 is 1.12 bits per heavy atom. The predicted molar refractivity (Wildman–Crippen MR) is 214 cm³/mol. The largest absolute Gasteiger partial charge is 0.458 e. The highest BCUT2D eigenvalue weighted by atomic mass is 16.5. The number of anilines is 3. The van der Waals surface area contributed by atoms with Gasteiger partial charge in [-0.05, 0) is 86.9 Å². The summed E-state index contributed by atoms with van der Waals surface area (Å²) in [4.78, 5) is 2.44. The summed E-state index contributed by atoms with van der Waals surface area (Å²) in [7, 11) is 0. The van der Waals surface area contributed by atoms with Crippen LogP contribution < -0.4 is 26.0 Å². The lowest BCUT2D eigenvalue weighted by molar-refractivity contribution is 0.487. The molecule has 0 fully saturated rings. The summed E-state index contributed by atoms with van der Waals surface area (Å²) < 4.78 is 14.0. The molecule has 0 bridgehead atoms. The first-order valence-electron chi connectivity index (χ1n) is 17.8. The molecule has 0 saturated carbocycles. The van der Waals surface area contributed by atoms with E-state index < -0.39 is 0 Å². The van der Waals surface area contributed by atoms with Crippen molar-refractivity contribution in [3.05, 3.63) is 157 Å². The van der Waals surface area contributed by atoms with Crippen molar-refractivity contribution >= 4 is 62.1 Å². The van der Waals surface area contributed by atoms with E-state index in [1.165, 1.54) is 44.2 Å². The van der Waals surface area contributed by atoms with Crippen molar-refractivity contribution in [2.45, 2.75) is 33.1 Å². The summed E-state index contributed by atoms with van der Waals surface area (Å²) in [6.45, 7) is 8.85. The second kappa shape index (κ2) is 11.0. The second-order valence-corrected chi connectivity index (χ2v) is 14.9. The molecular formula is C47H36BNO2. The van der Waals surface area contributed by atoms with Gasteiger partial charge in [0.15, 0.2) is 5.58 Å². The Morgan fingerprint density at radius 3 is 1.82 bits per heavy atom. The molecular weight excluding hydrogens is 621 g/mol. The van der Waals surface area contributed by atoms with E-state index in [1.807, 2.05) is 0 Å². The van der Waals surface area contributed by atoms with Gasteiger partial charge >= 0.3 is 0 Å². The zero-order valence-electron chi connectivity index (χ0n) is 29.2. The summed E-state index contributed by atoms with van der Waals surface area (Å²) in [5, 5.41) is 2.26. The topological polar surface area (TPSA) is 25.6 Å². The Morgan fingerprint density at radius 1 is 0.510 bits per heavy atom. The van der Waals surface area contributed by atoms with Gasteiger partial charge in [-0.2, -0.15) is 0 Å². The molecule has 4 heteroatoms. The van der Waals surface area contributed by atoms with E-state index in [2.05, 4.69) is 178 Å². The van der Waals surface area contributed by atoms with Gasteiger partial charge < -0.3 is 14.1 Å². The number of nitrogens with zero attached hydrogens (tertiary/aromatic N) is 1. The summed E-state index contributed by atoms with van der Waals surface area (Å²) in [5.41, 5.74) is 15.8. The summed E-state index contributed by atoms with van der Waals surface area (Å²) in [6.07, 6.45) is 0. The Hall–Kier alpha value is -6.00. The Labute approximate surface area is 298 Å². The molecule has 1 aromatic heterocycles. The Bertz CT molecular complexity index is 2670. The molecule has 0 unspecified atom stereocenters. The van der Waals surface area contributed by atoms with Gasteiger partial charge in [0.25, 0.3) is 6.71 Å². The van der Waals surface area contributed by atoms with Crippen molar-refractivity contribution in [3.63, 3.8) is 0 Å². The molecule has 0 N–H and O–H groups in total. The van der Waals surface area contributed by atoms with E-state index in [-0.39, 0.29) is 12.1 Å². The van der Waals surface area contributed by atoms with Crippen LogP contribution in [-0.4, -0.2) is 6.71 Å². The third-order valence-electron chi connectivity index (χ3n) is 10.7. The number of ether oxygens (including phenoxy) is 1. The molecule has 8 aromatic rings. The van der Waals surface area contributed by atoms with Crippen LogP contribution in [0.2, 0.25) is 0 Å². The zero-order valence-corrected chi connectivity index (χ0v) is 29.2. The van der Waals surface area contributed by atoms with Crippen molar-refractivity contribution in [2.75, 3.05) is 4.90 Å². The average molecular weight is 658 g/mol. The normalized spacial score (nSPS) is 13.2. The fourth-order valence-electron chi connectivity index (χ4n) is 8.54. The van der Waals surface area contributed by atoms with Crippen molar-refractivity contribution in [3.8, 4) is 33.8 Å². The SMILES string of the molecule is Cc1cc2c3c(c1)N(c1cccc4c1oc1c(C(C)(C)C)cccc14)c1cccc(-c4ccccc4)c1B3c1c(cccc1-c1ccccc1)O2. The van der Waals surface area contributed by atoms with E-state index in [0.29, 0.717) is 0 Å². The fraction of sp³-hybridized carbons (Fsp3) is 0.106. The molecule has 3 heterocycles. The standard InChI is InChI=1S/C47H36BNO2/c1-29-27-39-44-41(28-29)50-40-26-14-20-33(31-17-9-6-10-18-31)43(40)48(44)42-32(30-15-7-5-8-16-30)19-12-24-37(42)49(39)38-25-13-22-35-34-21-11-23-36(47(2,3)4)45(34)51-46(35)38/h5-28H,1-4H3. The molecule has 2 aliphatic rings. The van der Waals surface area contributed by atoms with Gasteiger partial charge in [0.05, 0.1) is 5.69 Å². The number of hydrogen-bond donors (Lipinski definition) is 0. The van der Waals surface area contributed by atoms with E-state index >= 15 is 0 Å². The van der Waals surface area contributed by atoms with Gasteiger partial charge in [0.2, 0.25) is 0 Å². The Kier molecular flexibility index (Phi) is 6.45. The lowest BCUT2D eigenvalue weighted by Crippen LogP contribution is -2.60. The minimum atomic E-state index is -0.0696. The zero-order chi connectivity index (χ0) is 34.4. The number of fused-ring (bicyclic) bond motifs is 7. The first-order chi connectivity index (χ1) is 24.9. The fourth-order valence-corrected chi connectivity index (χ4v) is 8.54. The molecule has 244 valence electrons. The van der Waals surface area contributed by atoms with Crippen LogP contribution in [0.15, 0.2) is 150 Å². The van der Waals surface area contributed by atoms with Crippen LogP contribution in [0.3, 0.4) is 0 Å². The molecule has 7 aromatic carbocycles. The first kappa shape index (κ1) is 29.9. The van der Waals surface area contributed by atoms with Crippen molar-refractivity contribution < 1.29 is 9.15 Å². The first-order valence-corrected chi connectivity index (χ1v) is 17.8. The lowest BCUT2D eigenvalue weighted by atomic mass is 9.32. The van der Waals surface area contributed by atoms with Crippen LogP contribution in [0.1, 0.15) is 31.9 Å². The number of aryl methyl sites for hydroxylation is 1. The molecule has 3 nitrogen and oxygen atoms in total. The molecule has 0 aliphatic carbocycles. The maximum absolute atomic E-state index is 7.03. The number of benzene rings is 7. The summed E-state index contributed by atoms with van der Waals surface area (Å²) in [5.74, 6) is 1.81. The van der Waals surface area contributed by atoms with E-state index in [9.17, 15) is 0 Å². The highest BCUT2D eigenvalue weighted by Crippen LogP contribution is 2.47. The van der Waals surface area contributed by atoms with Gasteiger partial charge in [-0.3, -0.25) is 0 Å². The molecule has 51 heavy (non-hydrogen) atoms. The average Bonchev–Trinajstić information content (AvgIpc) is 3.54. The predicted octanol–water partition coefficient (Wildman–Crippen LogP) is 10.9. The number of para-hydroxylation sites is 2. The maximum atomic E-state index is 7.03. The molecule has 0 atom stereocenters. The van der Waals surface area contributed by atoms with Crippen molar-refractivity contribution in [1.82, 2.24) is 0 Å². The molecule has 0 spiro atoms. The quantitative estimate of drug-likeness (QED) is 0.177. The van der Waals surface area contributed by atoms with E-state index in [0.717, 1.165) is 56.1 Å². The summed E-state index contributed by atoms with van der Waals surface area (Å²) >= 11 is 0.